The van der Waals surface area contributed by atoms with Crippen LogP contribution in [0, 0.1) is 0 Å². The number of para-hydroxylation sites is 1. The van der Waals surface area contributed by atoms with E-state index in [1.165, 1.54) is 5.56 Å². The molecule has 6 heteroatoms. The smallest absolute Gasteiger partial charge is 0.500 e. The molecule has 4 nitrogen and oxygen atoms in total. The summed E-state index contributed by atoms with van der Waals surface area (Å²) < 4.78 is 25.5. The largest absolute Gasteiger partial charge is 0.544 e. The second-order valence-electron chi connectivity index (χ2n) is 8.96. The second-order valence-corrected chi connectivity index (χ2v) is 16.1. The van der Waals surface area contributed by atoms with Crippen molar-refractivity contribution < 1.29 is 17.7 Å². The third-order valence-corrected chi connectivity index (χ3v) is 8.51. The molecule has 0 fully saturated rings. The molecule has 0 aliphatic heterocycles. The van der Waals surface area contributed by atoms with Crippen molar-refractivity contribution in [1.29, 1.82) is 0 Å². The molecule has 0 unspecified atom stereocenters. The van der Waals surface area contributed by atoms with Gasteiger partial charge in [-0.2, -0.15) is 0 Å². The fourth-order valence-electron chi connectivity index (χ4n) is 3.09. The molecule has 1 rings (SSSR count). The molecule has 1 aromatic rings. The van der Waals surface area contributed by atoms with Crippen LogP contribution in [-0.2, 0) is 19.7 Å². The van der Waals surface area contributed by atoms with E-state index >= 15 is 0 Å². The molecular weight excluding hydrogens is 408 g/mol. The Morgan fingerprint density at radius 1 is 0.700 bits per heavy atom. The van der Waals surface area contributed by atoms with E-state index in [1.807, 2.05) is 0 Å². The van der Waals surface area contributed by atoms with Gasteiger partial charge in [-0.15, -0.1) is 0 Å². The molecule has 0 heterocycles. The molecule has 0 aliphatic carbocycles. The van der Waals surface area contributed by atoms with Crippen LogP contribution < -0.4 is 4.43 Å². The van der Waals surface area contributed by atoms with Crippen molar-refractivity contribution in [2.24, 2.45) is 0 Å². The lowest BCUT2D eigenvalue weighted by Gasteiger charge is -2.30. The van der Waals surface area contributed by atoms with Crippen molar-refractivity contribution in [2.45, 2.75) is 97.8 Å². The van der Waals surface area contributed by atoms with Gasteiger partial charge in [-0.25, -0.2) is 0 Å². The quantitative estimate of drug-likeness (QED) is 0.173. The Labute approximate surface area is 188 Å². The first kappa shape index (κ1) is 27.4. The molecule has 0 N–H and O–H groups in total. The van der Waals surface area contributed by atoms with Gasteiger partial charge < -0.3 is 17.7 Å². The van der Waals surface area contributed by atoms with E-state index in [4.69, 9.17) is 17.7 Å². The second kappa shape index (κ2) is 15.2. The molecule has 0 atom stereocenters. The maximum Gasteiger partial charge on any atom is 0.500 e. The molecule has 0 amide bonds. The summed E-state index contributed by atoms with van der Waals surface area (Å²) in [7, 11) is -4.29. The summed E-state index contributed by atoms with van der Waals surface area (Å²) in [5, 5.41) is 0. The Bertz CT molecular complexity index is 534. The number of hydrogen-bond acceptors (Lipinski definition) is 4. The highest BCUT2D eigenvalue weighted by molar-refractivity contribution is 6.70. The minimum absolute atomic E-state index is 0.732. The van der Waals surface area contributed by atoms with Crippen LogP contribution in [0.3, 0.4) is 0 Å². The maximum atomic E-state index is 6.38. The Morgan fingerprint density at radius 2 is 1.20 bits per heavy atom. The van der Waals surface area contributed by atoms with Gasteiger partial charge in [0.2, 0.25) is 8.32 Å². The maximum absolute atomic E-state index is 6.38. The minimum atomic E-state index is -2.66. The fourth-order valence-corrected chi connectivity index (χ4v) is 6.61. The predicted molar refractivity (Wildman–Crippen MR) is 132 cm³/mol. The van der Waals surface area contributed by atoms with Gasteiger partial charge in [-0.1, -0.05) is 58.2 Å². The van der Waals surface area contributed by atoms with E-state index < -0.39 is 17.1 Å². The number of aryl methyl sites for hydroxylation is 1. The van der Waals surface area contributed by atoms with E-state index in [0.29, 0.717) is 0 Å². The lowest BCUT2D eigenvalue weighted by atomic mass is 10.1. The molecule has 0 aromatic heterocycles. The van der Waals surface area contributed by atoms with Crippen molar-refractivity contribution in [3.63, 3.8) is 0 Å². The van der Waals surface area contributed by atoms with Crippen molar-refractivity contribution in [3.05, 3.63) is 29.8 Å². The summed E-state index contributed by atoms with van der Waals surface area (Å²) in [5.41, 5.74) is 1.28. The van der Waals surface area contributed by atoms with Gasteiger partial charge in [-0.3, -0.25) is 0 Å². The van der Waals surface area contributed by atoms with Crippen molar-refractivity contribution in [1.82, 2.24) is 0 Å². The number of unbranched alkanes of at least 4 members (excludes halogenated alkanes) is 3. The third-order valence-electron chi connectivity index (χ3n) is 4.78. The molecule has 0 spiro atoms. The van der Waals surface area contributed by atoms with Gasteiger partial charge in [0.1, 0.15) is 5.75 Å². The first-order valence-electron chi connectivity index (χ1n) is 12.0. The zero-order valence-electron chi connectivity index (χ0n) is 20.4. The normalized spacial score (nSPS) is 12.3. The average Bonchev–Trinajstić information content (AvgIpc) is 2.69. The van der Waals surface area contributed by atoms with Gasteiger partial charge in [-0.05, 0) is 63.4 Å². The lowest BCUT2D eigenvalue weighted by molar-refractivity contribution is 0.0558. The topological polar surface area (TPSA) is 36.9 Å². The fraction of sp³-hybridized carbons (Fsp3) is 0.750. The molecule has 30 heavy (non-hydrogen) atoms. The highest BCUT2D eigenvalue weighted by atomic mass is 28.4. The first-order valence-corrected chi connectivity index (χ1v) is 17.4. The highest BCUT2D eigenvalue weighted by Crippen LogP contribution is 2.26. The Morgan fingerprint density at radius 3 is 1.67 bits per heavy atom. The summed E-state index contributed by atoms with van der Waals surface area (Å²) in [4.78, 5) is 0. The Balaban J connectivity index is 2.83. The molecule has 0 saturated heterocycles. The molecule has 0 bridgehead atoms. The van der Waals surface area contributed by atoms with E-state index in [2.05, 4.69) is 64.7 Å². The van der Waals surface area contributed by atoms with Crippen LogP contribution in [-0.4, -0.2) is 36.9 Å². The summed E-state index contributed by atoms with van der Waals surface area (Å²) in [5.74, 6) is 1.04. The van der Waals surface area contributed by atoms with Gasteiger partial charge in [0.15, 0.2) is 0 Å². The summed E-state index contributed by atoms with van der Waals surface area (Å²) in [6.45, 7) is 15.5. The van der Waals surface area contributed by atoms with Gasteiger partial charge in [0.25, 0.3) is 0 Å². The zero-order valence-corrected chi connectivity index (χ0v) is 22.4. The number of benzene rings is 1. The summed E-state index contributed by atoms with van der Waals surface area (Å²) in [6, 6.07) is 9.32. The Kier molecular flexibility index (Phi) is 13.9. The predicted octanol–water partition coefficient (Wildman–Crippen LogP) is 7.22. The van der Waals surface area contributed by atoms with Crippen LogP contribution in [0.2, 0.25) is 25.7 Å². The van der Waals surface area contributed by atoms with Crippen LogP contribution in [0.1, 0.15) is 71.3 Å². The summed E-state index contributed by atoms with van der Waals surface area (Å²) >= 11 is 0. The van der Waals surface area contributed by atoms with Gasteiger partial charge >= 0.3 is 8.80 Å². The van der Waals surface area contributed by atoms with Crippen molar-refractivity contribution in [2.75, 3.05) is 19.8 Å². The zero-order chi connectivity index (χ0) is 22.3. The van der Waals surface area contributed by atoms with Gasteiger partial charge in [0.05, 0.1) is 0 Å². The standard InChI is InChI=1S/C24H46O4Si2/c1-7-10-19-25-30(26-20-11-8-2,27-21-12-9-3)22-15-17-23-16-13-14-18-24(23)28-29(4,5)6/h13-14,16,18H,7-12,15,17,19-22H2,1-6H3. The SMILES string of the molecule is CCCCO[Si](CCCc1ccccc1O[Si](C)(C)C)(OCCCC)OCCCC. The van der Waals surface area contributed by atoms with Gasteiger partial charge in [0, 0.05) is 25.9 Å². The van der Waals surface area contributed by atoms with Crippen LogP contribution in [0.15, 0.2) is 24.3 Å². The van der Waals surface area contributed by atoms with Crippen molar-refractivity contribution >= 4 is 17.1 Å². The number of rotatable bonds is 18. The van der Waals surface area contributed by atoms with E-state index in [1.54, 1.807) is 0 Å². The minimum Gasteiger partial charge on any atom is -0.544 e. The van der Waals surface area contributed by atoms with Crippen LogP contribution >= 0.6 is 0 Å². The van der Waals surface area contributed by atoms with E-state index in [0.717, 1.165) is 83.0 Å². The molecule has 0 saturated carbocycles. The molecule has 0 radical (unpaired) electrons. The first-order chi connectivity index (χ1) is 14.4. The molecule has 1 aromatic carbocycles. The highest BCUT2D eigenvalue weighted by Gasteiger charge is 2.40. The third kappa shape index (κ3) is 11.7. The van der Waals surface area contributed by atoms with Crippen molar-refractivity contribution in [3.8, 4) is 5.75 Å². The summed E-state index contributed by atoms with van der Waals surface area (Å²) in [6.07, 6.45) is 8.46. The lowest BCUT2D eigenvalue weighted by Crippen LogP contribution is -2.46. The number of hydrogen-bond donors (Lipinski definition) is 0. The molecule has 174 valence electrons. The Hall–Kier alpha value is -0.666. The van der Waals surface area contributed by atoms with Crippen LogP contribution in [0.5, 0.6) is 5.75 Å². The van der Waals surface area contributed by atoms with Crippen LogP contribution in [0.4, 0.5) is 0 Å². The average molecular weight is 455 g/mol. The van der Waals surface area contributed by atoms with E-state index in [9.17, 15) is 0 Å². The monoisotopic (exact) mass is 454 g/mol. The molecule has 0 aliphatic rings. The van der Waals surface area contributed by atoms with Crippen LogP contribution in [0.25, 0.3) is 0 Å². The molecular formula is C24H46O4Si2. The van der Waals surface area contributed by atoms with E-state index in [-0.39, 0.29) is 0 Å².